The van der Waals surface area contributed by atoms with Crippen molar-refractivity contribution in [3.8, 4) is 0 Å². The first-order valence-electron chi connectivity index (χ1n) is 4.45. The minimum absolute atomic E-state index is 0.0114. The van der Waals surface area contributed by atoms with Gasteiger partial charge in [-0.15, -0.1) is 0 Å². The number of piperidine rings is 1. The van der Waals surface area contributed by atoms with E-state index in [9.17, 15) is 17.2 Å². The van der Waals surface area contributed by atoms with Crippen LogP contribution in [0.5, 0.6) is 0 Å². The van der Waals surface area contributed by atoms with Gasteiger partial charge in [0.1, 0.15) is 0 Å². The van der Waals surface area contributed by atoms with Crippen molar-refractivity contribution in [3.63, 3.8) is 0 Å². The highest BCUT2D eigenvalue weighted by atomic mass is 32.2. The highest BCUT2D eigenvalue weighted by Crippen LogP contribution is 2.21. The Morgan fingerprint density at radius 1 is 1.50 bits per heavy atom. The molecule has 4 nitrogen and oxygen atoms in total. The zero-order valence-corrected chi connectivity index (χ0v) is 8.51. The smallest absolute Gasteiger partial charge is 0.330 e. The Morgan fingerprint density at radius 2 is 2.14 bits per heavy atom. The van der Waals surface area contributed by atoms with Crippen LogP contribution in [-0.4, -0.2) is 38.1 Å². The molecule has 14 heavy (non-hydrogen) atoms. The van der Waals surface area contributed by atoms with Crippen molar-refractivity contribution in [1.29, 1.82) is 0 Å². The van der Waals surface area contributed by atoms with Gasteiger partial charge in [-0.05, 0) is 25.3 Å². The maximum absolute atomic E-state index is 12.2. The standard InChI is InChI=1S/C7H14F2N2O2S/c8-7(9)14(12,13)11-3-1-2-6(4-10)5-11/h6-7H,1-5,10H2. The summed E-state index contributed by atoms with van der Waals surface area (Å²) in [5.41, 5.74) is 5.38. The summed E-state index contributed by atoms with van der Waals surface area (Å²) in [6, 6.07) is 0. The molecule has 1 saturated heterocycles. The van der Waals surface area contributed by atoms with Gasteiger partial charge in [0.05, 0.1) is 0 Å². The topological polar surface area (TPSA) is 63.4 Å². The van der Waals surface area contributed by atoms with Crippen LogP contribution in [0.4, 0.5) is 8.78 Å². The molecule has 1 atom stereocenters. The Morgan fingerprint density at radius 3 is 2.64 bits per heavy atom. The van der Waals surface area contributed by atoms with Crippen LogP contribution in [0.2, 0.25) is 0 Å². The van der Waals surface area contributed by atoms with Gasteiger partial charge in [-0.3, -0.25) is 0 Å². The Hall–Kier alpha value is -0.270. The first-order chi connectivity index (χ1) is 6.48. The highest BCUT2D eigenvalue weighted by molar-refractivity contribution is 7.89. The molecule has 1 fully saturated rings. The first-order valence-corrected chi connectivity index (χ1v) is 5.96. The van der Waals surface area contributed by atoms with Crippen LogP contribution < -0.4 is 5.73 Å². The summed E-state index contributed by atoms with van der Waals surface area (Å²) in [7, 11) is -4.40. The lowest BCUT2D eigenvalue weighted by atomic mass is 10.0. The van der Waals surface area contributed by atoms with Crippen LogP contribution in [-0.2, 0) is 10.0 Å². The number of alkyl halides is 2. The maximum atomic E-state index is 12.2. The lowest BCUT2D eigenvalue weighted by molar-refractivity contribution is 0.202. The van der Waals surface area contributed by atoms with E-state index in [1.807, 2.05) is 0 Å². The van der Waals surface area contributed by atoms with E-state index >= 15 is 0 Å². The number of hydrogen-bond acceptors (Lipinski definition) is 3. The molecule has 7 heteroatoms. The van der Waals surface area contributed by atoms with Crippen LogP contribution in [0.1, 0.15) is 12.8 Å². The van der Waals surface area contributed by atoms with Gasteiger partial charge in [0, 0.05) is 13.1 Å². The molecule has 0 aromatic rings. The molecule has 0 saturated carbocycles. The van der Waals surface area contributed by atoms with E-state index in [-0.39, 0.29) is 19.0 Å². The summed E-state index contributed by atoms with van der Waals surface area (Å²) in [6.07, 6.45) is 1.42. The lowest BCUT2D eigenvalue weighted by Crippen LogP contribution is -2.44. The number of halogens is 2. The number of hydrogen-bond donors (Lipinski definition) is 1. The maximum Gasteiger partial charge on any atom is 0.350 e. The fourth-order valence-electron chi connectivity index (χ4n) is 1.56. The lowest BCUT2D eigenvalue weighted by Gasteiger charge is -2.30. The van der Waals surface area contributed by atoms with Crippen molar-refractivity contribution >= 4 is 10.0 Å². The molecule has 1 unspecified atom stereocenters. The Kier molecular flexibility index (Phi) is 3.79. The van der Waals surface area contributed by atoms with E-state index in [4.69, 9.17) is 5.73 Å². The van der Waals surface area contributed by atoms with Crippen molar-refractivity contribution < 1.29 is 17.2 Å². The van der Waals surface area contributed by atoms with E-state index in [1.165, 1.54) is 0 Å². The molecular formula is C7H14F2N2O2S. The molecule has 1 heterocycles. The molecule has 1 aliphatic heterocycles. The molecular weight excluding hydrogens is 214 g/mol. The third-order valence-corrected chi connectivity index (χ3v) is 3.90. The minimum Gasteiger partial charge on any atom is -0.330 e. The van der Waals surface area contributed by atoms with E-state index < -0.39 is 15.8 Å². The summed E-state index contributed by atoms with van der Waals surface area (Å²) >= 11 is 0. The third kappa shape index (κ3) is 2.40. The number of rotatable bonds is 3. The molecule has 2 N–H and O–H groups in total. The second-order valence-electron chi connectivity index (χ2n) is 3.41. The van der Waals surface area contributed by atoms with Crippen LogP contribution in [0.15, 0.2) is 0 Å². The Labute approximate surface area is 82.1 Å². The van der Waals surface area contributed by atoms with E-state index in [1.54, 1.807) is 0 Å². The van der Waals surface area contributed by atoms with Crippen LogP contribution in [0.25, 0.3) is 0 Å². The third-order valence-electron chi connectivity index (χ3n) is 2.40. The molecule has 0 aliphatic carbocycles. The van der Waals surface area contributed by atoms with Crippen LogP contribution in [0.3, 0.4) is 0 Å². The largest absolute Gasteiger partial charge is 0.350 e. The van der Waals surface area contributed by atoms with Crippen molar-refractivity contribution in [2.45, 2.75) is 18.6 Å². The number of nitrogens with zero attached hydrogens (tertiary/aromatic N) is 1. The van der Waals surface area contributed by atoms with Crippen molar-refractivity contribution in [2.75, 3.05) is 19.6 Å². The monoisotopic (exact) mass is 228 g/mol. The zero-order valence-electron chi connectivity index (χ0n) is 7.70. The van der Waals surface area contributed by atoms with Gasteiger partial charge in [-0.1, -0.05) is 0 Å². The minimum atomic E-state index is -4.40. The normalized spacial score (nSPS) is 25.6. The van der Waals surface area contributed by atoms with Gasteiger partial charge < -0.3 is 5.73 Å². The average molecular weight is 228 g/mol. The second-order valence-corrected chi connectivity index (χ2v) is 5.31. The summed E-state index contributed by atoms with van der Waals surface area (Å²) in [5.74, 6) is -3.31. The molecule has 1 aliphatic rings. The fourth-order valence-corrected chi connectivity index (χ4v) is 2.59. The summed E-state index contributed by atoms with van der Waals surface area (Å²) in [5, 5.41) is 0. The average Bonchev–Trinajstić information content (AvgIpc) is 2.17. The summed E-state index contributed by atoms with van der Waals surface area (Å²) in [4.78, 5) is 0. The molecule has 0 aromatic carbocycles. The summed E-state index contributed by atoms with van der Waals surface area (Å²) in [6.45, 7) is 0.654. The van der Waals surface area contributed by atoms with Crippen molar-refractivity contribution in [1.82, 2.24) is 4.31 Å². The Bertz CT molecular complexity index is 281. The zero-order chi connectivity index (χ0) is 10.8. The molecule has 0 spiro atoms. The molecule has 0 aromatic heterocycles. The van der Waals surface area contributed by atoms with Gasteiger partial charge in [0.15, 0.2) is 0 Å². The molecule has 0 radical (unpaired) electrons. The highest BCUT2D eigenvalue weighted by Gasteiger charge is 2.34. The Balaban J connectivity index is 2.69. The van der Waals surface area contributed by atoms with Gasteiger partial charge in [0.25, 0.3) is 10.0 Å². The SMILES string of the molecule is NCC1CCCN(S(=O)(=O)C(F)F)C1. The van der Waals surface area contributed by atoms with Crippen molar-refractivity contribution in [2.24, 2.45) is 11.7 Å². The fraction of sp³-hybridized carbons (Fsp3) is 1.00. The predicted molar refractivity (Wildman–Crippen MR) is 48.3 cm³/mol. The van der Waals surface area contributed by atoms with Gasteiger partial charge in [-0.2, -0.15) is 13.1 Å². The summed E-state index contributed by atoms with van der Waals surface area (Å²) < 4.78 is 47.3. The molecule has 0 amide bonds. The van der Waals surface area contributed by atoms with E-state index in [2.05, 4.69) is 0 Å². The second kappa shape index (κ2) is 4.50. The van der Waals surface area contributed by atoms with Crippen molar-refractivity contribution in [3.05, 3.63) is 0 Å². The van der Waals surface area contributed by atoms with Gasteiger partial charge >= 0.3 is 5.76 Å². The first kappa shape index (κ1) is 11.8. The van der Waals surface area contributed by atoms with Gasteiger partial charge in [-0.25, -0.2) is 8.42 Å². The predicted octanol–water partition coefficient (Wildman–Crippen LogP) is 0.210. The molecule has 1 rings (SSSR count). The quantitative estimate of drug-likeness (QED) is 0.751. The van der Waals surface area contributed by atoms with Crippen LogP contribution >= 0.6 is 0 Å². The van der Waals surface area contributed by atoms with Gasteiger partial charge in [0.2, 0.25) is 0 Å². The van der Waals surface area contributed by atoms with Crippen LogP contribution in [0, 0.1) is 5.92 Å². The van der Waals surface area contributed by atoms with E-state index in [0.29, 0.717) is 13.0 Å². The molecule has 84 valence electrons. The number of nitrogens with two attached hydrogens (primary N) is 1. The molecule has 0 bridgehead atoms. The number of sulfonamides is 1. The van der Waals surface area contributed by atoms with E-state index in [0.717, 1.165) is 10.7 Å².